The zero-order chi connectivity index (χ0) is 11.3. The maximum atomic E-state index is 10.9. The quantitative estimate of drug-likeness (QED) is 0.793. The van der Waals surface area contributed by atoms with E-state index < -0.39 is 0 Å². The third kappa shape index (κ3) is 3.36. The summed E-state index contributed by atoms with van der Waals surface area (Å²) in [5.41, 5.74) is 2.06. The van der Waals surface area contributed by atoms with Crippen molar-refractivity contribution < 1.29 is 4.79 Å². The molecule has 1 rings (SSSR count). The summed E-state index contributed by atoms with van der Waals surface area (Å²) in [6, 6.07) is 8.27. The topological polar surface area (TPSA) is 41.1 Å². The second-order valence-electron chi connectivity index (χ2n) is 3.56. The van der Waals surface area contributed by atoms with Crippen LogP contribution in [0.1, 0.15) is 31.9 Å². The molecule has 15 heavy (non-hydrogen) atoms. The summed E-state index contributed by atoms with van der Waals surface area (Å²) in [6.45, 7) is 3.65. The summed E-state index contributed by atoms with van der Waals surface area (Å²) < 4.78 is 0. The Bertz CT molecular complexity index is 332. The van der Waals surface area contributed by atoms with Gasteiger partial charge in [0.25, 0.3) is 0 Å². The van der Waals surface area contributed by atoms with Gasteiger partial charge in [0, 0.05) is 18.7 Å². The summed E-state index contributed by atoms with van der Waals surface area (Å²) in [7, 11) is 1.94. The van der Waals surface area contributed by atoms with Gasteiger partial charge in [0.2, 0.25) is 5.91 Å². The van der Waals surface area contributed by atoms with E-state index in [1.807, 2.05) is 25.2 Å². The summed E-state index contributed by atoms with van der Waals surface area (Å²) in [4.78, 5) is 10.9. The van der Waals surface area contributed by atoms with E-state index in [2.05, 4.69) is 23.6 Å². The van der Waals surface area contributed by atoms with Crippen molar-refractivity contribution in [1.29, 1.82) is 0 Å². The fraction of sp³-hybridized carbons (Fsp3) is 0.417. The molecule has 0 saturated heterocycles. The molecule has 0 bridgehead atoms. The van der Waals surface area contributed by atoms with E-state index in [-0.39, 0.29) is 5.91 Å². The molecule has 0 spiro atoms. The Hall–Kier alpha value is -1.35. The Kier molecular flexibility index (Phi) is 4.31. The molecule has 0 aliphatic heterocycles. The molecular weight excluding hydrogens is 188 g/mol. The van der Waals surface area contributed by atoms with Crippen LogP contribution in [0.3, 0.4) is 0 Å². The lowest BCUT2D eigenvalue weighted by Crippen LogP contribution is -2.15. The highest BCUT2D eigenvalue weighted by atomic mass is 16.1. The number of carbonyl (C=O) groups excluding carboxylic acids is 1. The molecule has 0 saturated carbocycles. The van der Waals surface area contributed by atoms with Crippen molar-refractivity contribution in [3.8, 4) is 0 Å². The summed E-state index contributed by atoms with van der Waals surface area (Å²) in [6.07, 6.45) is 1.03. The normalized spacial score (nSPS) is 12.2. The second-order valence-corrected chi connectivity index (χ2v) is 3.56. The number of amides is 1. The maximum Gasteiger partial charge on any atom is 0.221 e. The first kappa shape index (κ1) is 11.7. The molecule has 82 valence electrons. The average molecular weight is 206 g/mol. The van der Waals surface area contributed by atoms with Crippen LogP contribution in [0.5, 0.6) is 0 Å². The van der Waals surface area contributed by atoms with Gasteiger partial charge in [-0.3, -0.25) is 4.79 Å². The number of rotatable bonds is 4. The number of benzene rings is 1. The maximum absolute atomic E-state index is 10.9. The van der Waals surface area contributed by atoms with Crippen LogP contribution in [-0.4, -0.2) is 13.0 Å². The van der Waals surface area contributed by atoms with Gasteiger partial charge in [-0.2, -0.15) is 0 Å². The zero-order valence-corrected chi connectivity index (χ0v) is 9.50. The molecular formula is C12H18N2O. The van der Waals surface area contributed by atoms with Gasteiger partial charge in [-0.1, -0.05) is 19.1 Å². The molecule has 1 aromatic carbocycles. The zero-order valence-electron chi connectivity index (χ0n) is 9.50. The molecule has 2 N–H and O–H groups in total. The van der Waals surface area contributed by atoms with Crippen LogP contribution in [0, 0.1) is 0 Å². The van der Waals surface area contributed by atoms with Crippen LogP contribution in [0.15, 0.2) is 24.3 Å². The molecule has 1 amide bonds. The first-order valence-corrected chi connectivity index (χ1v) is 5.22. The van der Waals surface area contributed by atoms with Crippen molar-refractivity contribution >= 4 is 11.6 Å². The Morgan fingerprint density at radius 3 is 2.73 bits per heavy atom. The molecule has 0 radical (unpaired) electrons. The molecule has 0 aliphatic rings. The van der Waals surface area contributed by atoms with Gasteiger partial charge < -0.3 is 10.6 Å². The standard InChI is InChI=1S/C12H18N2O/c1-4-12(13-3)10-6-5-7-11(8-10)14-9(2)15/h5-8,12-13H,4H2,1-3H3,(H,14,15). The molecule has 0 aromatic heterocycles. The van der Waals surface area contributed by atoms with Crippen molar-refractivity contribution in [2.24, 2.45) is 0 Å². The molecule has 3 heteroatoms. The van der Waals surface area contributed by atoms with E-state index in [4.69, 9.17) is 0 Å². The van der Waals surface area contributed by atoms with Gasteiger partial charge in [0.05, 0.1) is 0 Å². The van der Waals surface area contributed by atoms with Crippen LogP contribution < -0.4 is 10.6 Å². The van der Waals surface area contributed by atoms with Crippen molar-refractivity contribution in [2.75, 3.05) is 12.4 Å². The van der Waals surface area contributed by atoms with E-state index in [1.54, 1.807) is 0 Å². The Morgan fingerprint density at radius 1 is 1.47 bits per heavy atom. The number of nitrogens with one attached hydrogen (secondary N) is 2. The third-order valence-electron chi connectivity index (χ3n) is 2.37. The summed E-state index contributed by atoms with van der Waals surface area (Å²) in [5, 5.41) is 6.02. The number of carbonyl (C=O) groups is 1. The predicted molar refractivity (Wildman–Crippen MR) is 62.8 cm³/mol. The third-order valence-corrected chi connectivity index (χ3v) is 2.37. The van der Waals surface area contributed by atoms with Crippen molar-refractivity contribution in [1.82, 2.24) is 5.32 Å². The highest BCUT2D eigenvalue weighted by Crippen LogP contribution is 2.19. The highest BCUT2D eigenvalue weighted by molar-refractivity contribution is 5.88. The lowest BCUT2D eigenvalue weighted by Gasteiger charge is -2.15. The predicted octanol–water partition coefficient (Wildman–Crippen LogP) is 2.32. The van der Waals surface area contributed by atoms with Crippen LogP contribution in [0.4, 0.5) is 5.69 Å². The van der Waals surface area contributed by atoms with Crippen molar-refractivity contribution in [3.05, 3.63) is 29.8 Å². The van der Waals surface area contributed by atoms with Gasteiger partial charge >= 0.3 is 0 Å². The molecule has 1 unspecified atom stereocenters. The number of anilines is 1. The van der Waals surface area contributed by atoms with Gasteiger partial charge in [0.1, 0.15) is 0 Å². The molecule has 0 heterocycles. The first-order valence-electron chi connectivity index (χ1n) is 5.22. The Labute approximate surface area is 90.9 Å². The Balaban J connectivity index is 2.86. The van der Waals surface area contributed by atoms with Gasteiger partial charge in [0.15, 0.2) is 0 Å². The van der Waals surface area contributed by atoms with Crippen LogP contribution >= 0.6 is 0 Å². The molecule has 0 aliphatic carbocycles. The molecule has 1 atom stereocenters. The van der Waals surface area contributed by atoms with Crippen LogP contribution in [0.2, 0.25) is 0 Å². The highest BCUT2D eigenvalue weighted by Gasteiger charge is 2.06. The first-order chi connectivity index (χ1) is 7.17. The van der Waals surface area contributed by atoms with Crippen LogP contribution in [0.25, 0.3) is 0 Å². The second kappa shape index (κ2) is 5.51. The Morgan fingerprint density at radius 2 is 2.20 bits per heavy atom. The van der Waals surface area contributed by atoms with Gasteiger partial charge in [-0.15, -0.1) is 0 Å². The van der Waals surface area contributed by atoms with E-state index in [1.165, 1.54) is 12.5 Å². The van der Waals surface area contributed by atoms with E-state index in [9.17, 15) is 4.79 Å². The monoisotopic (exact) mass is 206 g/mol. The lowest BCUT2D eigenvalue weighted by molar-refractivity contribution is -0.114. The van der Waals surface area contributed by atoms with E-state index in [0.717, 1.165) is 12.1 Å². The van der Waals surface area contributed by atoms with E-state index in [0.29, 0.717) is 6.04 Å². The smallest absolute Gasteiger partial charge is 0.221 e. The number of hydrogen-bond acceptors (Lipinski definition) is 2. The van der Waals surface area contributed by atoms with E-state index >= 15 is 0 Å². The fourth-order valence-corrected chi connectivity index (χ4v) is 1.64. The minimum atomic E-state index is -0.0374. The minimum Gasteiger partial charge on any atom is -0.326 e. The summed E-state index contributed by atoms with van der Waals surface area (Å²) in [5.74, 6) is -0.0374. The van der Waals surface area contributed by atoms with Crippen molar-refractivity contribution in [2.45, 2.75) is 26.3 Å². The SMILES string of the molecule is CCC(NC)c1cccc(NC(C)=O)c1. The molecule has 3 nitrogen and oxygen atoms in total. The minimum absolute atomic E-state index is 0.0374. The van der Waals surface area contributed by atoms with Crippen LogP contribution in [-0.2, 0) is 4.79 Å². The van der Waals surface area contributed by atoms with Gasteiger partial charge in [-0.05, 0) is 31.2 Å². The van der Waals surface area contributed by atoms with Gasteiger partial charge in [-0.25, -0.2) is 0 Å². The van der Waals surface area contributed by atoms with Crippen molar-refractivity contribution in [3.63, 3.8) is 0 Å². The summed E-state index contributed by atoms with van der Waals surface area (Å²) >= 11 is 0. The fourth-order valence-electron chi connectivity index (χ4n) is 1.64. The average Bonchev–Trinajstić information content (AvgIpc) is 2.19. The largest absolute Gasteiger partial charge is 0.326 e. The molecule has 1 aromatic rings. The number of hydrogen-bond donors (Lipinski definition) is 2. The lowest BCUT2D eigenvalue weighted by atomic mass is 10.0. The molecule has 0 fully saturated rings.